The average molecular weight is 326 g/mol. The first-order chi connectivity index (χ1) is 10.9. The van der Waals surface area contributed by atoms with Crippen LogP contribution in [-0.4, -0.2) is 11.9 Å². The lowest BCUT2D eigenvalue weighted by atomic mass is 10.0. The van der Waals surface area contributed by atoms with Gasteiger partial charge in [-0.25, -0.2) is 8.78 Å². The summed E-state index contributed by atoms with van der Waals surface area (Å²) in [7, 11) is 0. The quantitative estimate of drug-likeness (QED) is 0.722. The second-order valence-corrected chi connectivity index (χ2v) is 5.12. The van der Waals surface area contributed by atoms with E-state index < -0.39 is 36.0 Å². The minimum absolute atomic E-state index is 0.195. The van der Waals surface area contributed by atoms with Gasteiger partial charge in [-0.05, 0) is 17.7 Å². The van der Waals surface area contributed by atoms with Crippen LogP contribution < -0.4 is 5.01 Å². The molecule has 2 aromatic rings. The largest absolute Gasteiger partial charge is 0.431 e. The first-order valence-electron chi connectivity index (χ1n) is 6.80. The molecule has 7 heteroatoms. The molecular weight excluding hydrogens is 315 g/mol. The molecule has 1 aliphatic heterocycles. The third-order valence-electron chi connectivity index (χ3n) is 3.58. The Hall–Kier alpha value is -2.44. The molecule has 2 nitrogen and oxygen atoms in total. The number of anilines is 1. The van der Waals surface area contributed by atoms with Crippen LogP contribution in [0.15, 0.2) is 53.6 Å². The first-order valence-corrected chi connectivity index (χ1v) is 6.80. The highest BCUT2D eigenvalue weighted by molar-refractivity contribution is 5.93. The van der Waals surface area contributed by atoms with Gasteiger partial charge in [0.1, 0.15) is 11.5 Å². The van der Waals surface area contributed by atoms with Crippen molar-refractivity contribution in [1.82, 2.24) is 0 Å². The van der Waals surface area contributed by atoms with E-state index >= 15 is 0 Å². The summed E-state index contributed by atoms with van der Waals surface area (Å²) < 4.78 is 66.0. The number of rotatable bonds is 2. The Morgan fingerprint density at radius 3 is 2.30 bits per heavy atom. The Morgan fingerprint density at radius 1 is 1.00 bits per heavy atom. The Bertz CT molecular complexity index is 740. The molecule has 1 unspecified atom stereocenters. The highest BCUT2D eigenvalue weighted by Crippen LogP contribution is 2.40. The first kappa shape index (κ1) is 15.5. The predicted octanol–water partition coefficient (Wildman–Crippen LogP) is 4.83. The summed E-state index contributed by atoms with van der Waals surface area (Å²) in [6.45, 7) is 0. The second-order valence-electron chi connectivity index (χ2n) is 5.12. The van der Waals surface area contributed by atoms with Gasteiger partial charge in [0, 0.05) is 12.5 Å². The lowest BCUT2D eigenvalue weighted by Gasteiger charge is -2.24. The molecule has 0 aromatic heterocycles. The monoisotopic (exact) mass is 326 g/mol. The van der Waals surface area contributed by atoms with Crippen molar-refractivity contribution in [2.45, 2.75) is 18.6 Å². The lowest BCUT2D eigenvalue weighted by Crippen LogP contribution is -2.21. The van der Waals surface area contributed by atoms with E-state index in [1.807, 2.05) is 0 Å². The van der Waals surface area contributed by atoms with Gasteiger partial charge in [0.15, 0.2) is 5.82 Å². The molecule has 0 aliphatic carbocycles. The van der Waals surface area contributed by atoms with Crippen molar-refractivity contribution in [2.24, 2.45) is 5.10 Å². The third-order valence-corrected chi connectivity index (χ3v) is 3.58. The Labute approximate surface area is 128 Å². The van der Waals surface area contributed by atoms with Gasteiger partial charge in [0.2, 0.25) is 0 Å². The van der Waals surface area contributed by atoms with Crippen LogP contribution in [0, 0.1) is 11.6 Å². The summed E-state index contributed by atoms with van der Waals surface area (Å²) >= 11 is 0. The summed E-state index contributed by atoms with van der Waals surface area (Å²) in [5.74, 6) is -1.76. The van der Waals surface area contributed by atoms with E-state index in [-0.39, 0.29) is 5.69 Å². The molecule has 1 aliphatic rings. The highest BCUT2D eigenvalue weighted by atomic mass is 19.4. The molecule has 0 saturated carbocycles. The molecule has 0 radical (unpaired) electrons. The molecule has 2 aromatic carbocycles. The van der Waals surface area contributed by atoms with Crippen LogP contribution in [0.2, 0.25) is 0 Å². The fourth-order valence-corrected chi connectivity index (χ4v) is 2.51. The number of hydrogen-bond donors (Lipinski definition) is 0. The van der Waals surface area contributed by atoms with Crippen molar-refractivity contribution >= 4 is 11.4 Å². The normalized spacial score (nSPS) is 18.2. The summed E-state index contributed by atoms with van der Waals surface area (Å²) in [6.07, 6.45) is -5.00. The van der Waals surface area contributed by atoms with E-state index in [0.717, 1.165) is 17.1 Å². The molecule has 0 bridgehead atoms. The van der Waals surface area contributed by atoms with Crippen molar-refractivity contribution < 1.29 is 22.0 Å². The maximum Gasteiger partial charge on any atom is 0.431 e. The van der Waals surface area contributed by atoms with E-state index in [9.17, 15) is 22.0 Å². The van der Waals surface area contributed by atoms with Gasteiger partial charge in [0.05, 0.1) is 11.7 Å². The van der Waals surface area contributed by atoms with Crippen LogP contribution in [0.25, 0.3) is 0 Å². The van der Waals surface area contributed by atoms with Crippen LogP contribution in [0.4, 0.5) is 27.6 Å². The smallest absolute Gasteiger partial charge is 0.254 e. The molecule has 23 heavy (non-hydrogen) atoms. The second kappa shape index (κ2) is 5.64. The molecule has 120 valence electrons. The van der Waals surface area contributed by atoms with Crippen molar-refractivity contribution in [3.05, 3.63) is 65.7 Å². The number of benzene rings is 2. The van der Waals surface area contributed by atoms with Gasteiger partial charge in [-0.3, -0.25) is 5.01 Å². The van der Waals surface area contributed by atoms with Crippen LogP contribution in [0.3, 0.4) is 0 Å². The predicted molar refractivity (Wildman–Crippen MR) is 76.1 cm³/mol. The Kier molecular flexibility index (Phi) is 3.79. The molecule has 0 fully saturated rings. The minimum Gasteiger partial charge on any atom is -0.254 e. The Balaban J connectivity index is 2.06. The highest BCUT2D eigenvalue weighted by Gasteiger charge is 2.44. The van der Waals surface area contributed by atoms with Crippen molar-refractivity contribution in [1.29, 1.82) is 0 Å². The van der Waals surface area contributed by atoms with E-state index in [2.05, 4.69) is 5.10 Å². The molecule has 3 rings (SSSR count). The zero-order valence-corrected chi connectivity index (χ0v) is 11.7. The lowest BCUT2D eigenvalue weighted by molar-refractivity contribution is -0.0600. The van der Waals surface area contributed by atoms with Gasteiger partial charge < -0.3 is 0 Å². The zero-order chi connectivity index (χ0) is 16.6. The summed E-state index contributed by atoms with van der Waals surface area (Å²) in [6, 6.07) is 10.3. The van der Waals surface area contributed by atoms with Gasteiger partial charge in [-0.2, -0.15) is 18.3 Å². The summed E-state index contributed by atoms with van der Waals surface area (Å²) in [4.78, 5) is 0. The molecule has 0 saturated heterocycles. The van der Waals surface area contributed by atoms with E-state index in [1.165, 1.54) is 0 Å². The van der Waals surface area contributed by atoms with Crippen molar-refractivity contribution in [3.63, 3.8) is 0 Å². The molecular formula is C16H11F5N2. The number of hydrazone groups is 1. The number of halogens is 5. The van der Waals surface area contributed by atoms with E-state index in [1.54, 1.807) is 30.3 Å². The SMILES string of the molecule is Fc1ccc(N2N=C(C(F)(F)F)CC2c2ccccc2)c(F)c1. The fourth-order valence-electron chi connectivity index (χ4n) is 2.51. The summed E-state index contributed by atoms with van der Waals surface area (Å²) in [5, 5.41) is 4.51. The number of nitrogens with zero attached hydrogens (tertiary/aromatic N) is 2. The van der Waals surface area contributed by atoms with Crippen LogP contribution in [-0.2, 0) is 0 Å². The van der Waals surface area contributed by atoms with Gasteiger partial charge in [-0.1, -0.05) is 30.3 Å². The third kappa shape index (κ3) is 3.04. The van der Waals surface area contributed by atoms with Gasteiger partial charge in [-0.15, -0.1) is 0 Å². The standard InChI is InChI=1S/C16H11F5N2/c17-11-6-7-13(12(18)8-11)23-14(10-4-2-1-3-5-10)9-15(22-23)16(19,20)21/h1-8,14H,9H2. The van der Waals surface area contributed by atoms with Crippen LogP contribution >= 0.6 is 0 Å². The summed E-state index contributed by atoms with van der Waals surface area (Å²) in [5.41, 5.74) is -0.617. The Morgan fingerprint density at radius 2 is 1.70 bits per heavy atom. The molecule has 0 amide bonds. The van der Waals surface area contributed by atoms with E-state index in [0.29, 0.717) is 11.6 Å². The van der Waals surface area contributed by atoms with Gasteiger partial charge >= 0.3 is 6.18 Å². The average Bonchev–Trinajstić information content (AvgIpc) is 2.93. The maximum absolute atomic E-state index is 14.0. The van der Waals surface area contributed by atoms with Gasteiger partial charge in [0.25, 0.3) is 0 Å². The molecule has 0 spiro atoms. The van der Waals surface area contributed by atoms with Crippen LogP contribution in [0.1, 0.15) is 18.0 Å². The van der Waals surface area contributed by atoms with Crippen LogP contribution in [0.5, 0.6) is 0 Å². The van der Waals surface area contributed by atoms with Crippen molar-refractivity contribution in [3.8, 4) is 0 Å². The number of alkyl halides is 3. The fraction of sp³-hybridized carbons (Fsp3) is 0.188. The van der Waals surface area contributed by atoms with E-state index in [4.69, 9.17) is 0 Å². The molecule has 0 N–H and O–H groups in total. The number of hydrogen-bond acceptors (Lipinski definition) is 2. The maximum atomic E-state index is 14.0. The van der Waals surface area contributed by atoms with Crippen molar-refractivity contribution in [2.75, 3.05) is 5.01 Å². The molecule has 1 atom stereocenters. The minimum atomic E-state index is -4.60. The molecule has 1 heterocycles. The zero-order valence-electron chi connectivity index (χ0n) is 11.7. The topological polar surface area (TPSA) is 15.6 Å².